The number of halogens is 4. The number of aromatic nitrogens is 2. The maximum absolute atomic E-state index is 13.1. The Morgan fingerprint density at radius 1 is 1.06 bits per heavy atom. The number of anilines is 1. The third-order valence-electron chi connectivity index (χ3n) is 6.27. The maximum atomic E-state index is 13.1. The number of pyridine rings is 1. The highest BCUT2D eigenvalue weighted by Gasteiger charge is 2.30. The lowest BCUT2D eigenvalue weighted by atomic mass is 10.00. The summed E-state index contributed by atoms with van der Waals surface area (Å²) in [5.74, 6) is 0.740. The molecule has 5 rings (SSSR count). The summed E-state index contributed by atoms with van der Waals surface area (Å²) in [6.45, 7) is 4.97. The van der Waals surface area contributed by atoms with E-state index in [0.717, 1.165) is 68.3 Å². The average molecular weight is 516 g/mol. The number of fused-ring (bicyclic) bond motifs is 3. The van der Waals surface area contributed by atoms with Crippen molar-refractivity contribution in [2.75, 3.05) is 44.7 Å². The number of nitrogens with one attached hydrogen (secondary N) is 1. The fourth-order valence-corrected chi connectivity index (χ4v) is 4.48. The van der Waals surface area contributed by atoms with Gasteiger partial charge in [0.2, 0.25) is 0 Å². The van der Waals surface area contributed by atoms with Crippen molar-refractivity contribution in [3.05, 3.63) is 65.7 Å². The number of hydrogen-bond acceptors (Lipinski definition) is 5. The fraction of sp³-hybridized carbons (Fsp3) is 0.308. The Morgan fingerprint density at radius 3 is 2.47 bits per heavy atom. The van der Waals surface area contributed by atoms with Gasteiger partial charge >= 0.3 is 6.18 Å². The van der Waals surface area contributed by atoms with Crippen LogP contribution >= 0.6 is 12.4 Å². The molecular formula is C26H25ClF3N5O. The molecule has 188 valence electrons. The molecule has 2 aromatic carbocycles. The molecular weight excluding hydrogens is 491 g/mol. The molecule has 1 N–H and O–H groups in total. The Hall–Kier alpha value is -3.32. The first-order chi connectivity index (χ1) is 17.0. The third kappa shape index (κ3) is 5.12. The molecule has 0 saturated carbocycles. The Kier molecular flexibility index (Phi) is 7.69. The van der Waals surface area contributed by atoms with Crippen LogP contribution in [0.25, 0.3) is 27.8 Å². The molecule has 0 unspecified atom stereocenters. The molecule has 1 fully saturated rings. The number of imidazole rings is 1. The van der Waals surface area contributed by atoms with Crippen LogP contribution in [0.4, 0.5) is 19.0 Å². The molecule has 36 heavy (non-hydrogen) atoms. The van der Waals surface area contributed by atoms with Crippen molar-refractivity contribution in [1.82, 2.24) is 14.3 Å². The predicted octanol–water partition coefficient (Wildman–Crippen LogP) is 5.60. The minimum absolute atomic E-state index is 0. The van der Waals surface area contributed by atoms with Gasteiger partial charge in [-0.15, -0.1) is 12.4 Å². The Bertz CT molecular complexity index is 1390. The molecule has 1 aliphatic rings. The lowest BCUT2D eigenvalue weighted by molar-refractivity contribution is -0.137. The number of ether oxygens (including phenoxy) is 1. The van der Waals surface area contributed by atoms with Crippen molar-refractivity contribution in [3.63, 3.8) is 0 Å². The summed E-state index contributed by atoms with van der Waals surface area (Å²) < 4.78 is 46.6. The Balaban J connectivity index is 0.00000304. The second-order valence-electron chi connectivity index (χ2n) is 8.50. The second kappa shape index (κ2) is 10.7. The Labute approximate surface area is 212 Å². The van der Waals surface area contributed by atoms with Gasteiger partial charge in [-0.3, -0.25) is 9.30 Å². The van der Waals surface area contributed by atoms with Crippen molar-refractivity contribution >= 4 is 34.9 Å². The van der Waals surface area contributed by atoms with Crippen molar-refractivity contribution in [1.29, 1.82) is 5.26 Å². The smallest absolute Gasteiger partial charge is 0.379 e. The summed E-state index contributed by atoms with van der Waals surface area (Å²) in [7, 11) is 0. The van der Waals surface area contributed by atoms with Gasteiger partial charge in [0.15, 0.2) is 5.65 Å². The lowest BCUT2D eigenvalue weighted by Gasteiger charge is -2.26. The largest absolute Gasteiger partial charge is 0.416 e. The van der Waals surface area contributed by atoms with Gasteiger partial charge in [0, 0.05) is 25.2 Å². The summed E-state index contributed by atoms with van der Waals surface area (Å²) in [6, 6.07) is 16.6. The molecule has 2 aromatic heterocycles. The van der Waals surface area contributed by atoms with Gasteiger partial charge in [0.25, 0.3) is 0 Å². The van der Waals surface area contributed by atoms with E-state index in [2.05, 4.69) is 21.3 Å². The number of nitrogens with zero attached hydrogens (tertiary/aromatic N) is 4. The molecule has 0 amide bonds. The van der Waals surface area contributed by atoms with Gasteiger partial charge < -0.3 is 10.1 Å². The van der Waals surface area contributed by atoms with Crippen LogP contribution in [0.1, 0.15) is 17.5 Å². The van der Waals surface area contributed by atoms with Crippen LogP contribution in [0.3, 0.4) is 0 Å². The van der Waals surface area contributed by atoms with Crippen LogP contribution in [0.5, 0.6) is 0 Å². The molecule has 0 aliphatic carbocycles. The minimum atomic E-state index is -4.42. The monoisotopic (exact) mass is 515 g/mol. The summed E-state index contributed by atoms with van der Waals surface area (Å²) in [6.07, 6.45) is -3.52. The summed E-state index contributed by atoms with van der Waals surface area (Å²) in [4.78, 5) is 7.05. The third-order valence-corrected chi connectivity index (χ3v) is 6.27. The van der Waals surface area contributed by atoms with Crippen molar-refractivity contribution in [2.24, 2.45) is 0 Å². The molecule has 1 saturated heterocycles. The molecule has 0 spiro atoms. The standard InChI is InChI=1S/C26H24F3N5O.ClH/c27-26(28,29)19-8-6-18(7-9-19)20-16-24(31-10-3-11-33-12-14-35-15-13-33)34-23-5-2-1-4-22(23)32-25(34)21(20)17-30;/h1-2,4-9,16,31H,3,10-15H2;1H. The van der Waals surface area contributed by atoms with E-state index in [1.165, 1.54) is 12.1 Å². The second-order valence-corrected chi connectivity index (χ2v) is 8.50. The van der Waals surface area contributed by atoms with Crippen LogP contribution in [-0.4, -0.2) is 53.7 Å². The van der Waals surface area contributed by atoms with Crippen LogP contribution in [0, 0.1) is 11.3 Å². The van der Waals surface area contributed by atoms with E-state index in [1.807, 2.05) is 34.7 Å². The number of rotatable bonds is 6. The first kappa shape index (κ1) is 25.8. The normalized spacial score (nSPS) is 14.5. The fourth-order valence-electron chi connectivity index (χ4n) is 4.48. The SMILES string of the molecule is Cl.N#Cc1c(-c2ccc(C(F)(F)F)cc2)cc(NCCCN2CCOCC2)n2c1nc1ccccc12. The molecule has 1 aliphatic heterocycles. The molecule has 4 aromatic rings. The van der Waals surface area contributed by atoms with Crippen LogP contribution in [0.15, 0.2) is 54.6 Å². The zero-order valence-electron chi connectivity index (χ0n) is 19.4. The summed E-state index contributed by atoms with van der Waals surface area (Å²) in [5, 5.41) is 13.5. The highest BCUT2D eigenvalue weighted by molar-refractivity contribution is 5.89. The van der Waals surface area contributed by atoms with Gasteiger partial charge in [-0.1, -0.05) is 24.3 Å². The van der Waals surface area contributed by atoms with Gasteiger partial charge in [-0.2, -0.15) is 18.4 Å². The van der Waals surface area contributed by atoms with Crippen LogP contribution in [-0.2, 0) is 10.9 Å². The van der Waals surface area contributed by atoms with E-state index in [9.17, 15) is 18.4 Å². The van der Waals surface area contributed by atoms with Crippen LogP contribution in [0.2, 0.25) is 0 Å². The number of para-hydroxylation sites is 2. The lowest BCUT2D eigenvalue weighted by Crippen LogP contribution is -2.37. The van der Waals surface area contributed by atoms with E-state index in [0.29, 0.717) is 28.9 Å². The zero-order valence-corrected chi connectivity index (χ0v) is 20.2. The van der Waals surface area contributed by atoms with E-state index >= 15 is 0 Å². The average Bonchev–Trinajstić information content (AvgIpc) is 3.26. The highest BCUT2D eigenvalue weighted by atomic mass is 35.5. The first-order valence-electron chi connectivity index (χ1n) is 11.5. The predicted molar refractivity (Wildman–Crippen MR) is 135 cm³/mol. The van der Waals surface area contributed by atoms with Crippen molar-refractivity contribution < 1.29 is 17.9 Å². The summed E-state index contributed by atoms with van der Waals surface area (Å²) >= 11 is 0. The molecule has 10 heteroatoms. The number of benzene rings is 2. The molecule has 6 nitrogen and oxygen atoms in total. The van der Waals surface area contributed by atoms with Gasteiger partial charge in [0.1, 0.15) is 17.5 Å². The summed E-state index contributed by atoms with van der Waals surface area (Å²) in [5.41, 5.74) is 2.73. The number of alkyl halides is 3. The van der Waals surface area contributed by atoms with Gasteiger partial charge in [0.05, 0.1) is 29.8 Å². The molecule has 0 radical (unpaired) electrons. The quantitative estimate of drug-likeness (QED) is 0.339. The first-order valence-corrected chi connectivity index (χ1v) is 11.5. The minimum Gasteiger partial charge on any atom is -0.379 e. The molecule has 0 atom stereocenters. The topological polar surface area (TPSA) is 65.6 Å². The van der Waals surface area contributed by atoms with E-state index < -0.39 is 11.7 Å². The van der Waals surface area contributed by atoms with Crippen molar-refractivity contribution in [2.45, 2.75) is 12.6 Å². The van der Waals surface area contributed by atoms with Gasteiger partial charge in [-0.25, -0.2) is 4.98 Å². The zero-order chi connectivity index (χ0) is 24.4. The van der Waals surface area contributed by atoms with Gasteiger partial charge in [-0.05, 0) is 48.9 Å². The number of hydrogen-bond donors (Lipinski definition) is 1. The van der Waals surface area contributed by atoms with E-state index in [-0.39, 0.29) is 12.4 Å². The maximum Gasteiger partial charge on any atom is 0.416 e. The number of nitriles is 1. The number of morpholine rings is 1. The van der Waals surface area contributed by atoms with Crippen molar-refractivity contribution in [3.8, 4) is 17.2 Å². The Morgan fingerprint density at radius 2 is 1.78 bits per heavy atom. The van der Waals surface area contributed by atoms with E-state index in [4.69, 9.17) is 4.74 Å². The molecule has 0 bridgehead atoms. The highest BCUT2D eigenvalue weighted by Crippen LogP contribution is 2.35. The van der Waals surface area contributed by atoms with E-state index in [1.54, 1.807) is 0 Å². The van der Waals surface area contributed by atoms with Crippen LogP contribution < -0.4 is 5.32 Å². The molecule has 3 heterocycles.